The van der Waals surface area contributed by atoms with Gasteiger partial charge in [-0.15, -0.1) is 0 Å². The normalized spacial score (nSPS) is 8.21. The van der Waals surface area contributed by atoms with E-state index in [1.54, 1.807) is 6.07 Å². The highest BCUT2D eigenvalue weighted by Gasteiger charge is 2.10. The Labute approximate surface area is 79.9 Å². The molecule has 1 rings (SSSR count). The number of nitriles is 1. The van der Waals surface area contributed by atoms with E-state index < -0.39 is 4.92 Å². The van der Waals surface area contributed by atoms with Crippen LogP contribution in [0.4, 0.5) is 11.4 Å². The van der Waals surface area contributed by atoms with E-state index in [9.17, 15) is 10.1 Å². The maximum Gasteiger partial charge on any atom is 0.293 e. The molecule has 0 heterocycles. The Bertz CT molecular complexity index is 477. The SMILES string of the molecule is N#CC#Cc1ccc(N)c([N+](=O)[O-])c1. The van der Waals surface area contributed by atoms with Gasteiger partial charge >= 0.3 is 0 Å². The quantitative estimate of drug-likeness (QED) is 0.308. The Morgan fingerprint density at radius 1 is 1.50 bits per heavy atom. The highest BCUT2D eigenvalue weighted by molar-refractivity contribution is 5.61. The zero-order valence-electron chi connectivity index (χ0n) is 7.02. The van der Waals surface area contributed by atoms with Crippen molar-refractivity contribution >= 4 is 11.4 Å². The van der Waals surface area contributed by atoms with E-state index in [1.807, 2.05) is 0 Å². The lowest BCUT2D eigenvalue weighted by molar-refractivity contribution is -0.383. The number of rotatable bonds is 1. The molecule has 0 aliphatic carbocycles. The number of nitrogens with zero attached hydrogens (tertiary/aromatic N) is 2. The molecule has 0 saturated carbocycles. The van der Waals surface area contributed by atoms with E-state index in [0.29, 0.717) is 5.56 Å². The number of hydrogen-bond acceptors (Lipinski definition) is 4. The van der Waals surface area contributed by atoms with Crippen molar-refractivity contribution in [2.75, 3.05) is 5.73 Å². The summed E-state index contributed by atoms with van der Waals surface area (Å²) >= 11 is 0. The monoisotopic (exact) mass is 187 g/mol. The van der Waals surface area contributed by atoms with Crippen molar-refractivity contribution in [1.82, 2.24) is 0 Å². The molecule has 0 aliphatic heterocycles. The lowest BCUT2D eigenvalue weighted by Gasteiger charge is -1.96. The third-order valence-electron chi connectivity index (χ3n) is 1.49. The number of anilines is 1. The summed E-state index contributed by atoms with van der Waals surface area (Å²) in [7, 11) is 0. The molecule has 0 fully saturated rings. The lowest BCUT2D eigenvalue weighted by atomic mass is 10.2. The Kier molecular flexibility index (Phi) is 2.68. The number of hydrogen-bond donors (Lipinski definition) is 1. The molecule has 0 bridgehead atoms. The largest absolute Gasteiger partial charge is 0.393 e. The summed E-state index contributed by atoms with van der Waals surface area (Å²) in [5.74, 6) is 4.59. The van der Waals surface area contributed by atoms with Crippen LogP contribution in [-0.4, -0.2) is 4.92 Å². The minimum Gasteiger partial charge on any atom is -0.393 e. The van der Waals surface area contributed by atoms with Gasteiger partial charge in [0.15, 0.2) is 6.07 Å². The van der Waals surface area contributed by atoms with Crippen LogP contribution in [0.25, 0.3) is 0 Å². The average molecular weight is 187 g/mol. The molecule has 0 aromatic heterocycles. The van der Waals surface area contributed by atoms with Crippen LogP contribution in [0.5, 0.6) is 0 Å². The first-order valence-corrected chi connectivity index (χ1v) is 3.59. The summed E-state index contributed by atoms with van der Waals surface area (Å²) in [5, 5.41) is 18.6. The number of nitrogen functional groups attached to an aromatic ring is 1. The molecule has 0 amide bonds. The van der Waals surface area contributed by atoms with E-state index in [2.05, 4.69) is 11.8 Å². The first-order valence-electron chi connectivity index (χ1n) is 3.59. The molecule has 1 aromatic carbocycles. The summed E-state index contributed by atoms with van der Waals surface area (Å²) in [6, 6.07) is 5.76. The molecule has 68 valence electrons. The van der Waals surface area contributed by atoms with Gasteiger partial charge in [0.1, 0.15) is 5.69 Å². The van der Waals surface area contributed by atoms with Crippen LogP contribution in [-0.2, 0) is 0 Å². The number of benzene rings is 1. The van der Waals surface area contributed by atoms with Gasteiger partial charge in [-0.25, -0.2) is 0 Å². The van der Waals surface area contributed by atoms with E-state index in [-0.39, 0.29) is 11.4 Å². The smallest absolute Gasteiger partial charge is 0.293 e. The summed E-state index contributed by atoms with van der Waals surface area (Å²) in [6.07, 6.45) is 0. The number of nitrogens with two attached hydrogens (primary N) is 1. The lowest BCUT2D eigenvalue weighted by Crippen LogP contribution is -1.95. The zero-order valence-corrected chi connectivity index (χ0v) is 7.02. The fourth-order valence-electron chi connectivity index (χ4n) is 0.880. The fraction of sp³-hybridized carbons (Fsp3) is 0. The third-order valence-corrected chi connectivity index (χ3v) is 1.49. The van der Waals surface area contributed by atoms with Gasteiger partial charge in [0.25, 0.3) is 5.69 Å². The van der Waals surface area contributed by atoms with Crippen LogP contribution in [0.2, 0.25) is 0 Å². The van der Waals surface area contributed by atoms with Crippen molar-refractivity contribution in [2.24, 2.45) is 0 Å². The molecule has 1 aromatic rings. The topological polar surface area (TPSA) is 93.0 Å². The Morgan fingerprint density at radius 3 is 2.79 bits per heavy atom. The van der Waals surface area contributed by atoms with Crippen molar-refractivity contribution in [3.05, 3.63) is 33.9 Å². The predicted molar refractivity (Wildman–Crippen MR) is 50.0 cm³/mol. The van der Waals surface area contributed by atoms with E-state index in [1.165, 1.54) is 18.2 Å². The second-order valence-corrected chi connectivity index (χ2v) is 2.39. The zero-order chi connectivity index (χ0) is 10.6. The van der Waals surface area contributed by atoms with Gasteiger partial charge in [-0.1, -0.05) is 5.92 Å². The van der Waals surface area contributed by atoms with E-state index in [4.69, 9.17) is 11.0 Å². The van der Waals surface area contributed by atoms with Crippen LogP contribution in [0.3, 0.4) is 0 Å². The summed E-state index contributed by atoms with van der Waals surface area (Å²) < 4.78 is 0. The maximum absolute atomic E-state index is 10.5. The Morgan fingerprint density at radius 2 is 2.21 bits per heavy atom. The van der Waals surface area contributed by atoms with Gasteiger partial charge < -0.3 is 5.73 Å². The standard InChI is InChI=1S/C9H5N3O2/c10-5-1-2-7-3-4-8(11)9(6-7)12(13)14/h3-4,6H,11H2. The molecule has 5 heteroatoms. The van der Waals surface area contributed by atoms with Gasteiger partial charge in [-0.2, -0.15) is 5.26 Å². The minimum atomic E-state index is -0.590. The molecule has 0 unspecified atom stereocenters. The molecule has 0 radical (unpaired) electrons. The van der Waals surface area contributed by atoms with Crippen LogP contribution in [0.15, 0.2) is 18.2 Å². The van der Waals surface area contributed by atoms with Crippen molar-refractivity contribution in [3.8, 4) is 17.9 Å². The third kappa shape index (κ3) is 1.99. The van der Waals surface area contributed by atoms with Crippen molar-refractivity contribution in [3.63, 3.8) is 0 Å². The fourth-order valence-corrected chi connectivity index (χ4v) is 0.880. The van der Waals surface area contributed by atoms with E-state index in [0.717, 1.165) is 0 Å². The van der Waals surface area contributed by atoms with Gasteiger partial charge in [0.2, 0.25) is 0 Å². The molecule has 14 heavy (non-hydrogen) atoms. The number of nitro groups is 1. The molecule has 5 nitrogen and oxygen atoms in total. The minimum absolute atomic E-state index is 0.0810. The molecule has 2 N–H and O–H groups in total. The molecule has 0 atom stereocenters. The van der Waals surface area contributed by atoms with Crippen molar-refractivity contribution in [1.29, 1.82) is 5.26 Å². The summed E-state index contributed by atoms with van der Waals surface area (Å²) in [4.78, 5) is 9.87. The second kappa shape index (κ2) is 3.92. The van der Waals surface area contributed by atoms with Crippen molar-refractivity contribution < 1.29 is 4.92 Å². The first kappa shape index (κ1) is 9.56. The van der Waals surface area contributed by atoms with Gasteiger partial charge in [0.05, 0.1) is 4.92 Å². The molecule has 0 saturated heterocycles. The molecular weight excluding hydrogens is 182 g/mol. The number of nitro benzene ring substituents is 1. The van der Waals surface area contributed by atoms with Crippen LogP contribution >= 0.6 is 0 Å². The summed E-state index contributed by atoms with van der Waals surface area (Å²) in [5.41, 5.74) is 5.64. The summed E-state index contributed by atoms with van der Waals surface area (Å²) in [6.45, 7) is 0. The predicted octanol–water partition coefficient (Wildman–Crippen LogP) is 1.05. The average Bonchev–Trinajstić information content (AvgIpc) is 2.16. The van der Waals surface area contributed by atoms with Crippen LogP contribution < -0.4 is 5.73 Å². The van der Waals surface area contributed by atoms with Crippen LogP contribution in [0, 0.1) is 33.3 Å². The highest BCUT2D eigenvalue weighted by atomic mass is 16.6. The Hall–Kier alpha value is -2.53. The maximum atomic E-state index is 10.5. The van der Waals surface area contributed by atoms with Gasteiger partial charge in [0, 0.05) is 17.6 Å². The van der Waals surface area contributed by atoms with Crippen LogP contribution in [0.1, 0.15) is 5.56 Å². The molecule has 0 aliphatic rings. The molecular formula is C9H5N3O2. The second-order valence-electron chi connectivity index (χ2n) is 2.39. The molecule has 0 spiro atoms. The first-order chi connectivity index (χ1) is 6.65. The van der Waals surface area contributed by atoms with E-state index >= 15 is 0 Å². The van der Waals surface area contributed by atoms with Crippen molar-refractivity contribution in [2.45, 2.75) is 0 Å². The van der Waals surface area contributed by atoms with Gasteiger partial charge in [-0.3, -0.25) is 10.1 Å². The Balaban J connectivity index is 3.21. The highest BCUT2D eigenvalue weighted by Crippen LogP contribution is 2.21. The van der Waals surface area contributed by atoms with Gasteiger partial charge in [-0.05, 0) is 12.1 Å².